The van der Waals surface area contributed by atoms with Gasteiger partial charge in [0.15, 0.2) is 0 Å². The Labute approximate surface area is 125 Å². The zero-order valence-electron chi connectivity index (χ0n) is 12.4. The van der Waals surface area contributed by atoms with Gasteiger partial charge in [-0.3, -0.25) is 4.90 Å². The minimum atomic E-state index is -0.383. The van der Waals surface area contributed by atoms with E-state index in [0.717, 1.165) is 45.1 Å². The van der Waals surface area contributed by atoms with Gasteiger partial charge in [0, 0.05) is 37.6 Å². The number of nitrogens with two attached hydrogens (primary N) is 1. The SMILES string of the molecule is CCOC(=O)c1cc(NCCN2CCOCC2)ccc1N. The molecule has 0 amide bonds. The van der Waals surface area contributed by atoms with E-state index < -0.39 is 0 Å². The van der Waals surface area contributed by atoms with Crippen molar-refractivity contribution < 1.29 is 14.3 Å². The van der Waals surface area contributed by atoms with Gasteiger partial charge < -0.3 is 20.5 Å². The fourth-order valence-electron chi connectivity index (χ4n) is 2.23. The summed E-state index contributed by atoms with van der Waals surface area (Å²) in [5.41, 5.74) is 7.54. The van der Waals surface area contributed by atoms with Crippen LogP contribution in [-0.4, -0.2) is 56.9 Å². The summed E-state index contributed by atoms with van der Waals surface area (Å²) in [7, 11) is 0. The molecule has 1 fully saturated rings. The second-order valence-corrected chi connectivity index (χ2v) is 4.90. The zero-order valence-corrected chi connectivity index (χ0v) is 12.4. The van der Waals surface area contributed by atoms with Crippen molar-refractivity contribution in [2.24, 2.45) is 0 Å². The Morgan fingerprint density at radius 2 is 2.19 bits per heavy atom. The summed E-state index contributed by atoms with van der Waals surface area (Å²) in [5.74, 6) is -0.383. The average Bonchev–Trinajstić information content (AvgIpc) is 2.50. The maximum Gasteiger partial charge on any atom is 0.340 e. The van der Waals surface area contributed by atoms with Gasteiger partial charge in [0.05, 0.1) is 25.4 Å². The van der Waals surface area contributed by atoms with Gasteiger partial charge in [-0.1, -0.05) is 0 Å². The van der Waals surface area contributed by atoms with E-state index in [9.17, 15) is 4.79 Å². The van der Waals surface area contributed by atoms with E-state index in [1.807, 2.05) is 6.07 Å². The highest BCUT2D eigenvalue weighted by Gasteiger charge is 2.12. The first-order valence-corrected chi connectivity index (χ1v) is 7.31. The van der Waals surface area contributed by atoms with Gasteiger partial charge in [0.2, 0.25) is 0 Å². The predicted octanol–water partition coefficient (Wildman–Crippen LogP) is 1.19. The molecule has 0 unspecified atom stereocenters. The third kappa shape index (κ3) is 4.61. The van der Waals surface area contributed by atoms with Crippen LogP contribution in [-0.2, 0) is 9.47 Å². The predicted molar refractivity (Wildman–Crippen MR) is 82.6 cm³/mol. The van der Waals surface area contributed by atoms with Crippen LogP contribution in [0.25, 0.3) is 0 Å². The molecule has 6 nitrogen and oxygen atoms in total. The molecule has 3 N–H and O–H groups in total. The molecular formula is C15H23N3O3. The van der Waals surface area contributed by atoms with Gasteiger partial charge in [-0.2, -0.15) is 0 Å². The normalized spacial score (nSPS) is 15.7. The first-order chi connectivity index (χ1) is 10.2. The summed E-state index contributed by atoms with van der Waals surface area (Å²) in [6, 6.07) is 5.34. The lowest BCUT2D eigenvalue weighted by atomic mass is 10.1. The number of anilines is 2. The molecule has 21 heavy (non-hydrogen) atoms. The Balaban J connectivity index is 1.88. The molecule has 0 aliphatic carbocycles. The van der Waals surface area contributed by atoms with Crippen molar-refractivity contribution in [1.29, 1.82) is 0 Å². The topological polar surface area (TPSA) is 76.8 Å². The number of nitrogens with zero attached hydrogens (tertiary/aromatic N) is 1. The molecule has 1 aliphatic rings. The fraction of sp³-hybridized carbons (Fsp3) is 0.533. The van der Waals surface area contributed by atoms with Crippen LogP contribution in [0.4, 0.5) is 11.4 Å². The van der Waals surface area contributed by atoms with Gasteiger partial charge in [-0.15, -0.1) is 0 Å². The van der Waals surface area contributed by atoms with Crippen molar-refractivity contribution in [3.63, 3.8) is 0 Å². The molecule has 2 rings (SSSR count). The van der Waals surface area contributed by atoms with Gasteiger partial charge in [0.1, 0.15) is 0 Å². The van der Waals surface area contributed by atoms with Crippen LogP contribution in [0.15, 0.2) is 18.2 Å². The van der Waals surface area contributed by atoms with Crippen LogP contribution in [0.1, 0.15) is 17.3 Å². The van der Waals surface area contributed by atoms with Crippen molar-refractivity contribution in [2.45, 2.75) is 6.92 Å². The molecule has 1 aromatic carbocycles. The number of benzene rings is 1. The molecule has 0 spiro atoms. The number of morpholine rings is 1. The molecule has 0 aromatic heterocycles. The molecule has 1 aromatic rings. The van der Waals surface area contributed by atoms with Crippen LogP contribution in [0.2, 0.25) is 0 Å². The standard InChI is InChI=1S/C15H23N3O3/c1-2-21-15(19)13-11-12(3-4-14(13)16)17-5-6-18-7-9-20-10-8-18/h3-4,11,17H,2,5-10,16H2,1H3. The van der Waals surface area contributed by atoms with E-state index in [1.165, 1.54) is 0 Å². The maximum atomic E-state index is 11.8. The smallest absolute Gasteiger partial charge is 0.340 e. The molecule has 0 saturated carbocycles. The maximum absolute atomic E-state index is 11.8. The minimum absolute atomic E-state index is 0.340. The van der Waals surface area contributed by atoms with Crippen molar-refractivity contribution in [3.05, 3.63) is 23.8 Å². The molecule has 0 radical (unpaired) electrons. The number of nitrogen functional groups attached to an aromatic ring is 1. The van der Waals surface area contributed by atoms with Crippen molar-refractivity contribution in [2.75, 3.05) is 57.1 Å². The lowest BCUT2D eigenvalue weighted by molar-refractivity contribution is 0.0398. The number of hydrogen-bond acceptors (Lipinski definition) is 6. The minimum Gasteiger partial charge on any atom is -0.462 e. The van der Waals surface area contributed by atoms with E-state index in [4.69, 9.17) is 15.2 Å². The van der Waals surface area contributed by atoms with E-state index in [0.29, 0.717) is 17.9 Å². The third-order valence-electron chi connectivity index (χ3n) is 3.41. The summed E-state index contributed by atoms with van der Waals surface area (Å²) < 4.78 is 10.3. The Bertz CT molecular complexity index is 473. The number of carbonyl (C=O) groups excluding carboxylic acids is 1. The molecule has 1 saturated heterocycles. The second kappa shape index (κ2) is 7.85. The number of carbonyl (C=O) groups is 1. The van der Waals surface area contributed by atoms with Crippen molar-refractivity contribution in [3.8, 4) is 0 Å². The van der Waals surface area contributed by atoms with Crippen LogP contribution in [0.3, 0.4) is 0 Å². The Morgan fingerprint density at radius 3 is 2.90 bits per heavy atom. The highest BCUT2D eigenvalue weighted by atomic mass is 16.5. The third-order valence-corrected chi connectivity index (χ3v) is 3.41. The Hall–Kier alpha value is -1.79. The van der Waals surface area contributed by atoms with E-state index in [-0.39, 0.29) is 5.97 Å². The van der Waals surface area contributed by atoms with Crippen molar-refractivity contribution in [1.82, 2.24) is 4.90 Å². The van der Waals surface area contributed by atoms with Crippen LogP contribution >= 0.6 is 0 Å². The zero-order chi connectivity index (χ0) is 15.1. The monoisotopic (exact) mass is 293 g/mol. The number of ether oxygens (including phenoxy) is 2. The van der Waals surface area contributed by atoms with Gasteiger partial charge in [-0.25, -0.2) is 4.79 Å². The first-order valence-electron chi connectivity index (χ1n) is 7.31. The first kappa shape index (κ1) is 15.6. The summed E-state index contributed by atoms with van der Waals surface area (Å²) >= 11 is 0. The fourth-order valence-corrected chi connectivity index (χ4v) is 2.23. The average molecular weight is 293 g/mol. The summed E-state index contributed by atoms with van der Waals surface area (Å²) in [6.45, 7) is 7.42. The summed E-state index contributed by atoms with van der Waals surface area (Å²) in [5, 5.41) is 3.31. The largest absolute Gasteiger partial charge is 0.462 e. The molecule has 6 heteroatoms. The lowest BCUT2D eigenvalue weighted by Crippen LogP contribution is -2.39. The molecule has 116 valence electrons. The Kier molecular flexibility index (Phi) is 5.83. The van der Waals surface area contributed by atoms with Gasteiger partial charge in [0.25, 0.3) is 0 Å². The summed E-state index contributed by atoms with van der Waals surface area (Å²) in [6.07, 6.45) is 0. The molecular weight excluding hydrogens is 270 g/mol. The Morgan fingerprint density at radius 1 is 1.43 bits per heavy atom. The molecule has 0 atom stereocenters. The van der Waals surface area contributed by atoms with Gasteiger partial charge >= 0.3 is 5.97 Å². The number of rotatable bonds is 6. The highest BCUT2D eigenvalue weighted by molar-refractivity contribution is 5.96. The number of hydrogen-bond donors (Lipinski definition) is 2. The molecule has 0 bridgehead atoms. The van der Waals surface area contributed by atoms with Crippen LogP contribution in [0.5, 0.6) is 0 Å². The number of nitrogens with one attached hydrogen (secondary N) is 1. The van der Waals surface area contributed by atoms with Crippen molar-refractivity contribution >= 4 is 17.3 Å². The van der Waals surface area contributed by atoms with Gasteiger partial charge in [-0.05, 0) is 25.1 Å². The lowest BCUT2D eigenvalue weighted by Gasteiger charge is -2.26. The van der Waals surface area contributed by atoms with E-state index in [1.54, 1.807) is 19.1 Å². The molecule has 1 heterocycles. The quantitative estimate of drug-likeness (QED) is 0.606. The van der Waals surface area contributed by atoms with E-state index in [2.05, 4.69) is 10.2 Å². The van der Waals surface area contributed by atoms with E-state index >= 15 is 0 Å². The molecule has 1 aliphatic heterocycles. The number of esters is 1. The van der Waals surface area contributed by atoms with Crippen LogP contribution in [0, 0.1) is 0 Å². The second-order valence-electron chi connectivity index (χ2n) is 4.90. The summed E-state index contributed by atoms with van der Waals surface area (Å²) in [4.78, 5) is 14.1. The highest BCUT2D eigenvalue weighted by Crippen LogP contribution is 2.18. The van der Waals surface area contributed by atoms with Crippen LogP contribution < -0.4 is 11.1 Å².